The summed E-state index contributed by atoms with van der Waals surface area (Å²) in [5, 5.41) is 9.88. The fourth-order valence-electron chi connectivity index (χ4n) is 3.28. The molecule has 0 spiro atoms. The smallest absolute Gasteiger partial charge is 0.0617 e. The highest BCUT2D eigenvalue weighted by atomic mass is 16.5. The van der Waals surface area contributed by atoms with Gasteiger partial charge in [0.05, 0.1) is 6.61 Å². The topological polar surface area (TPSA) is 32.7 Å². The van der Waals surface area contributed by atoms with Crippen molar-refractivity contribution in [3.63, 3.8) is 0 Å². The molecular formula is C17H27NO2. The van der Waals surface area contributed by atoms with Crippen molar-refractivity contribution in [2.75, 3.05) is 26.9 Å². The first-order chi connectivity index (χ1) is 9.48. The maximum atomic E-state index is 9.88. The Bertz CT molecular complexity index is 441. The molecule has 0 saturated carbocycles. The summed E-state index contributed by atoms with van der Waals surface area (Å²) in [5.74, 6) is 0. The van der Waals surface area contributed by atoms with Gasteiger partial charge in [-0.3, -0.25) is 4.90 Å². The van der Waals surface area contributed by atoms with Crippen LogP contribution < -0.4 is 0 Å². The molecule has 1 aliphatic heterocycles. The number of aliphatic hydroxyl groups excluding tert-OH is 1. The van der Waals surface area contributed by atoms with Gasteiger partial charge in [-0.25, -0.2) is 0 Å². The minimum absolute atomic E-state index is 0.123. The molecule has 0 bridgehead atoms. The molecule has 1 aromatic rings. The first-order valence-electron chi connectivity index (χ1n) is 7.45. The Labute approximate surface area is 122 Å². The molecule has 1 aliphatic rings. The summed E-state index contributed by atoms with van der Waals surface area (Å²) in [4.78, 5) is 2.32. The van der Waals surface area contributed by atoms with Crippen molar-refractivity contribution < 1.29 is 9.84 Å². The predicted molar refractivity (Wildman–Crippen MR) is 82.0 cm³/mol. The van der Waals surface area contributed by atoms with Gasteiger partial charge in [0.15, 0.2) is 0 Å². The van der Waals surface area contributed by atoms with Crippen LogP contribution in [0.5, 0.6) is 0 Å². The molecule has 20 heavy (non-hydrogen) atoms. The zero-order valence-electron chi connectivity index (χ0n) is 13.2. The quantitative estimate of drug-likeness (QED) is 0.918. The van der Waals surface area contributed by atoms with Gasteiger partial charge in [-0.1, -0.05) is 17.7 Å². The van der Waals surface area contributed by atoms with Crippen molar-refractivity contribution >= 4 is 0 Å². The lowest BCUT2D eigenvalue weighted by atomic mass is 9.88. The third-order valence-electron chi connectivity index (χ3n) is 4.76. The van der Waals surface area contributed by atoms with Crippen LogP contribution in [0.1, 0.15) is 35.1 Å². The second-order valence-electron chi connectivity index (χ2n) is 6.23. The van der Waals surface area contributed by atoms with Crippen molar-refractivity contribution in [2.24, 2.45) is 0 Å². The minimum atomic E-state index is -0.123. The summed E-state index contributed by atoms with van der Waals surface area (Å²) in [7, 11) is 2.13. The van der Waals surface area contributed by atoms with Gasteiger partial charge in [-0.05, 0) is 57.4 Å². The lowest BCUT2D eigenvalue weighted by molar-refractivity contribution is -0.0494. The lowest BCUT2D eigenvalue weighted by Gasteiger charge is -2.43. The molecule has 2 rings (SSSR count). The molecule has 1 heterocycles. The fourth-order valence-corrected chi connectivity index (χ4v) is 3.28. The molecule has 0 aromatic heterocycles. The summed E-state index contributed by atoms with van der Waals surface area (Å²) >= 11 is 0. The van der Waals surface area contributed by atoms with E-state index in [0.29, 0.717) is 0 Å². The van der Waals surface area contributed by atoms with E-state index in [1.807, 2.05) is 0 Å². The molecule has 1 saturated heterocycles. The van der Waals surface area contributed by atoms with Gasteiger partial charge in [0, 0.05) is 25.3 Å². The average molecular weight is 277 g/mol. The van der Waals surface area contributed by atoms with E-state index in [-0.39, 0.29) is 12.1 Å². The second kappa shape index (κ2) is 6.25. The van der Waals surface area contributed by atoms with E-state index < -0.39 is 0 Å². The Hall–Kier alpha value is -0.900. The molecule has 0 atom stereocenters. The third-order valence-corrected chi connectivity index (χ3v) is 4.76. The van der Waals surface area contributed by atoms with Gasteiger partial charge in [0.1, 0.15) is 0 Å². The Morgan fingerprint density at radius 1 is 1.15 bits per heavy atom. The number of aliphatic hydroxyl groups is 1. The molecule has 0 amide bonds. The summed E-state index contributed by atoms with van der Waals surface area (Å²) in [6.45, 7) is 9.08. The maximum Gasteiger partial charge on any atom is 0.0617 e. The Morgan fingerprint density at radius 3 is 2.20 bits per heavy atom. The average Bonchev–Trinajstić information content (AvgIpc) is 2.43. The highest BCUT2D eigenvalue weighted by Gasteiger charge is 2.36. The molecule has 112 valence electrons. The fraction of sp³-hybridized carbons (Fsp3) is 0.647. The van der Waals surface area contributed by atoms with Crippen LogP contribution >= 0.6 is 0 Å². The molecule has 1 fully saturated rings. The number of likely N-dealkylation sites (N-methyl/N-ethyl adjacent to an activating group) is 1. The van der Waals surface area contributed by atoms with Gasteiger partial charge >= 0.3 is 0 Å². The molecule has 3 heteroatoms. The molecule has 0 aliphatic carbocycles. The number of hydrogen-bond donors (Lipinski definition) is 1. The van der Waals surface area contributed by atoms with Crippen molar-refractivity contribution in [1.29, 1.82) is 0 Å². The molecule has 1 aromatic carbocycles. The van der Waals surface area contributed by atoms with Crippen LogP contribution in [0.2, 0.25) is 0 Å². The van der Waals surface area contributed by atoms with Crippen LogP contribution in [-0.4, -0.2) is 42.4 Å². The zero-order valence-corrected chi connectivity index (χ0v) is 13.2. The van der Waals surface area contributed by atoms with Gasteiger partial charge in [0.25, 0.3) is 0 Å². The van der Waals surface area contributed by atoms with Crippen LogP contribution in [0.3, 0.4) is 0 Å². The molecule has 0 radical (unpaired) electrons. The van der Waals surface area contributed by atoms with Gasteiger partial charge < -0.3 is 9.84 Å². The SMILES string of the molecule is Cc1cc(C)c(CN(C)C2(CO)CCOCC2)c(C)c1. The van der Waals surface area contributed by atoms with Gasteiger partial charge in [0.2, 0.25) is 0 Å². The first-order valence-corrected chi connectivity index (χ1v) is 7.45. The van der Waals surface area contributed by atoms with E-state index >= 15 is 0 Å². The largest absolute Gasteiger partial charge is 0.394 e. The summed E-state index contributed by atoms with van der Waals surface area (Å²) < 4.78 is 5.45. The van der Waals surface area contributed by atoms with Crippen molar-refractivity contribution in [3.05, 3.63) is 34.4 Å². The monoisotopic (exact) mass is 277 g/mol. The number of ether oxygens (including phenoxy) is 1. The van der Waals surface area contributed by atoms with Gasteiger partial charge in [-0.15, -0.1) is 0 Å². The zero-order chi connectivity index (χ0) is 14.8. The summed E-state index contributed by atoms with van der Waals surface area (Å²) in [6.07, 6.45) is 1.81. The van der Waals surface area contributed by atoms with E-state index in [1.165, 1.54) is 22.3 Å². The Balaban J connectivity index is 2.20. The Kier molecular flexibility index (Phi) is 4.84. The number of nitrogens with zero attached hydrogens (tertiary/aromatic N) is 1. The Morgan fingerprint density at radius 2 is 1.70 bits per heavy atom. The molecule has 0 unspecified atom stereocenters. The highest BCUT2D eigenvalue weighted by molar-refractivity contribution is 5.37. The molecular weight excluding hydrogens is 250 g/mol. The van der Waals surface area contributed by atoms with Crippen molar-refractivity contribution in [1.82, 2.24) is 4.90 Å². The second-order valence-corrected chi connectivity index (χ2v) is 6.23. The molecule has 1 N–H and O–H groups in total. The maximum absolute atomic E-state index is 9.88. The summed E-state index contributed by atoms with van der Waals surface area (Å²) in [5.41, 5.74) is 5.26. The van der Waals surface area contributed by atoms with E-state index in [9.17, 15) is 5.11 Å². The third kappa shape index (κ3) is 3.05. The summed E-state index contributed by atoms with van der Waals surface area (Å²) in [6, 6.07) is 4.48. The van der Waals surface area contributed by atoms with Gasteiger partial charge in [-0.2, -0.15) is 0 Å². The van der Waals surface area contributed by atoms with Crippen LogP contribution in [0, 0.1) is 20.8 Å². The van der Waals surface area contributed by atoms with Crippen LogP contribution in [0.4, 0.5) is 0 Å². The van der Waals surface area contributed by atoms with E-state index in [2.05, 4.69) is 44.9 Å². The van der Waals surface area contributed by atoms with E-state index in [4.69, 9.17) is 4.74 Å². The van der Waals surface area contributed by atoms with Crippen molar-refractivity contribution in [2.45, 2.75) is 45.7 Å². The highest BCUT2D eigenvalue weighted by Crippen LogP contribution is 2.29. The van der Waals surface area contributed by atoms with E-state index in [1.54, 1.807) is 0 Å². The standard InChI is InChI=1S/C17H27NO2/c1-13-9-14(2)16(15(3)10-13)11-18(4)17(12-19)5-7-20-8-6-17/h9-10,19H,5-8,11-12H2,1-4H3. The molecule has 3 nitrogen and oxygen atoms in total. The number of aryl methyl sites for hydroxylation is 3. The van der Waals surface area contributed by atoms with Crippen LogP contribution in [0.15, 0.2) is 12.1 Å². The lowest BCUT2D eigenvalue weighted by Crippen LogP contribution is -2.52. The number of benzene rings is 1. The number of hydrogen-bond acceptors (Lipinski definition) is 3. The van der Waals surface area contributed by atoms with Crippen LogP contribution in [0.25, 0.3) is 0 Å². The predicted octanol–water partition coefficient (Wildman–Crippen LogP) is 2.59. The normalized spacial score (nSPS) is 18.5. The van der Waals surface area contributed by atoms with E-state index in [0.717, 1.165) is 32.6 Å². The first kappa shape index (κ1) is 15.5. The van der Waals surface area contributed by atoms with Crippen molar-refractivity contribution in [3.8, 4) is 0 Å². The number of rotatable bonds is 4. The van der Waals surface area contributed by atoms with Crippen LogP contribution in [-0.2, 0) is 11.3 Å². The minimum Gasteiger partial charge on any atom is -0.394 e.